The minimum Gasteiger partial charge on any atom is -0.480 e. The maximum atomic E-state index is 9.57. The van der Waals surface area contributed by atoms with Crippen molar-refractivity contribution in [3.8, 4) is 0 Å². The van der Waals surface area contributed by atoms with Crippen molar-refractivity contribution < 1.29 is 14.6 Å². The Bertz CT molecular complexity index is 99.7. The molecule has 0 fully saturated rings. The van der Waals surface area contributed by atoms with E-state index in [9.17, 15) is 4.79 Å². The van der Waals surface area contributed by atoms with Crippen molar-refractivity contribution in [2.45, 2.75) is 26.1 Å². The minimum atomic E-state index is -0.975. The van der Waals surface area contributed by atoms with E-state index in [0.29, 0.717) is 0 Å². The molecule has 0 aliphatic heterocycles. The lowest BCUT2D eigenvalue weighted by molar-refractivity contribution is -0.136. The van der Waals surface area contributed by atoms with Gasteiger partial charge < -0.3 is 22.1 Å². The maximum Gasteiger partial charge on any atom is 0.321 e. The third-order valence-electron chi connectivity index (χ3n) is 0.749. The van der Waals surface area contributed by atoms with Crippen LogP contribution in [-0.2, 0) is 9.53 Å². The average Bonchev–Trinajstić information content (AvgIpc) is 1.90. The largest absolute Gasteiger partial charge is 0.480 e. The number of carboxylic acid groups (broad SMARTS) is 1. The number of ether oxygens (including phenoxy) is 1. The van der Waals surface area contributed by atoms with Crippen LogP contribution in [0.5, 0.6) is 0 Å². The highest BCUT2D eigenvalue weighted by molar-refractivity contribution is 6.29. The molecule has 6 heteroatoms. The molecule has 0 aliphatic carbocycles. The fraction of sp³-hybridized carbons (Fsp3) is 0.857. The molecule has 0 amide bonds. The van der Waals surface area contributed by atoms with Gasteiger partial charge in [-0.25, -0.2) is 0 Å². The van der Waals surface area contributed by atoms with E-state index < -0.39 is 11.3 Å². The maximum absolute atomic E-state index is 9.57. The van der Waals surface area contributed by atoms with Gasteiger partial charge in [-0.05, 0) is 20.8 Å². The van der Waals surface area contributed by atoms with Gasteiger partial charge in [0.05, 0.1) is 0 Å². The predicted octanol–water partition coefficient (Wildman–Crippen LogP) is 2.07. The molecule has 13 heavy (non-hydrogen) atoms. The number of aliphatic carboxylic acids is 1. The summed E-state index contributed by atoms with van der Waals surface area (Å²) in [6, 6.07) is 0. The topological polar surface area (TPSA) is 117 Å². The smallest absolute Gasteiger partial charge is 0.321 e. The van der Waals surface area contributed by atoms with E-state index in [-0.39, 0.29) is 12.3 Å². The summed E-state index contributed by atoms with van der Waals surface area (Å²) in [6.45, 7) is 7.07. The molecular weight excluding hydrogens is 196 g/mol. The fourth-order valence-corrected chi connectivity index (χ4v) is 0.204. The van der Waals surface area contributed by atoms with E-state index in [1.807, 2.05) is 13.8 Å². The first kappa shape index (κ1) is 22.9. The van der Waals surface area contributed by atoms with Crippen LogP contribution < -0.4 is 12.3 Å². The van der Waals surface area contributed by atoms with Gasteiger partial charge >= 0.3 is 5.97 Å². The summed E-state index contributed by atoms with van der Waals surface area (Å²) < 4.78 is 4.83. The fourth-order valence-electron chi connectivity index (χ4n) is 0.204. The van der Waals surface area contributed by atoms with Crippen LogP contribution in [0.2, 0.25) is 0 Å². The van der Waals surface area contributed by atoms with Crippen molar-refractivity contribution in [1.82, 2.24) is 12.3 Å². The van der Waals surface area contributed by atoms with E-state index in [4.69, 9.17) is 21.4 Å². The lowest BCUT2D eigenvalue weighted by Crippen LogP contribution is -2.06. The first-order chi connectivity index (χ1) is 5.06. The van der Waals surface area contributed by atoms with Gasteiger partial charge in [0, 0.05) is 13.2 Å². The van der Waals surface area contributed by atoms with Crippen molar-refractivity contribution in [2.24, 2.45) is 0 Å². The Balaban J connectivity index is -0.0000000546. The molecule has 1 unspecified atom stereocenters. The van der Waals surface area contributed by atoms with Gasteiger partial charge in [0.2, 0.25) is 0 Å². The quantitative estimate of drug-likeness (QED) is 0.625. The lowest BCUT2D eigenvalue weighted by Gasteiger charge is -1.86. The molecule has 0 saturated heterocycles. The molecule has 0 aromatic heterocycles. The monoisotopic (exact) mass is 216 g/mol. The summed E-state index contributed by atoms with van der Waals surface area (Å²) in [6.07, 6.45) is 0. The number of hydrogen-bond acceptors (Lipinski definition) is 4. The Kier molecular flexibility index (Phi) is 31.2. The van der Waals surface area contributed by atoms with Gasteiger partial charge in [0.15, 0.2) is 0 Å². The number of carboxylic acids is 1. The number of carbonyl (C=O) groups is 1. The molecule has 0 spiro atoms. The Morgan fingerprint density at radius 2 is 1.62 bits per heavy atom. The van der Waals surface area contributed by atoms with Gasteiger partial charge in [-0.15, -0.1) is 11.6 Å². The number of halogens is 1. The van der Waals surface area contributed by atoms with Crippen LogP contribution in [0, 0.1) is 0 Å². The van der Waals surface area contributed by atoms with Crippen LogP contribution in [0.25, 0.3) is 0 Å². The average molecular weight is 217 g/mol. The third-order valence-corrected chi connectivity index (χ3v) is 0.935. The summed E-state index contributed by atoms with van der Waals surface area (Å²) in [5.41, 5.74) is 0. The molecule has 0 aliphatic rings. The molecular formula is C7H21ClN2O3. The van der Waals surface area contributed by atoms with Crippen molar-refractivity contribution in [1.29, 1.82) is 0 Å². The molecule has 7 N–H and O–H groups in total. The molecule has 5 nitrogen and oxygen atoms in total. The second kappa shape index (κ2) is 17.7. The second-order valence-corrected chi connectivity index (χ2v) is 2.39. The Morgan fingerprint density at radius 1 is 1.38 bits per heavy atom. The molecule has 84 valence electrons. The molecule has 0 aromatic rings. The van der Waals surface area contributed by atoms with Gasteiger partial charge in [0.25, 0.3) is 0 Å². The van der Waals surface area contributed by atoms with Gasteiger partial charge in [-0.1, -0.05) is 0 Å². The number of rotatable bonds is 3. The third kappa shape index (κ3) is 34.0. The molecule has 1 atom stereocenters. The number of hydrogen-bond donors (Lipinski definition) is 3. The van der Waals surface area contributed by atoms with Crippen LogP contribution in [0.3, 0.4) is 0 Å². The van der Waals surface area contributed by atoms with Crippen LogP contribution in [-0.4, -0.2) is 29.7 Å². The summed E-state index contributed by atoms with van der Waals surface area (Å²) in [5.74, 6) is -0.975. The molecule has 0 saturated carbocycles. The van der Waals surface area contributed by atoms with E-state index in [0.717, 1.165) is 13.2 Å². The highest BCUT2D eigenvalue weighted by Gasteiger charge is 2.02. The molecule has 0 rings (SSSR count). The summed E-state index contributed by atoms with van der Waals surface area (Å²) >= 11 is 5.01. The first-order valence-corrected chi connectivity index (χ1v) is 3.94. The second-order valence-electron chi connectivity index (χ2n) is 1.74. The molecule has 0 bridgehead atoms. The number of alkyl halides is 1. The van der Waals surface area contributed by atoms with E-state index in [1.54, 1.807) is 0 Å². The zero-order valence-electron chi connectivity index (χ0n) is 8.55. The molecule has 0 heterocycles. The van der Waals surface area contributed by atoms with Crippen LogP contribution in [0.1, 0.15) is 20.8 Å². The van der Waals surface area contributed by atoms with Gasteiger partial charge in [0.1, 0.15) is 5.38 Å². The van der Waals surface area contributed by atoms with Crippen molar-refractivity contribution in [3.05, 3.63) is 0 Å². The summed E-state index contributed by atoms with van der Waals surface area (Å²) in [4.78, 5) is 9.57. The lowest BCUT2D eigenvalue weighted by atomic mass is 10.5. The summed E-state index contributed by atoms with van der Waals surface area (Å²) in [5, 5.41) is 7.10. The zero-order chi connectivity index (χ0) is 9.28. The highest BCUT2D eigenvalue weighted by Crippen LogP contribution is 1.89. The predicted molar refractivity (Wildman–Crippen MR) is 55.2 cm³/mol. The zero-order valence-corrected chi connectivity index (χ0v) is 9.30. The van der Waals surface area contributed by atoms with Crippen LogP contribution in [0.15, 0.2) is 0 Å². The Morgan fingerprint density at radius 3 is 1.62 bits per heavy atom. The van der Waals surface area contributed by atoms with Crippen molar-refractivity contribution in [3.63, 3.8) is 0 Å². The van der Waals surface area contributed by atoms with Crippen molar-refractivity contribution >= 4 is 17.6 Å². The molecule has 0 radical (unpaired) electrons. The van der Waals surface area contributed by atoms with Gasteiger partial charge in [-0.3, -0.25) is 4.79 Å². The standard InChI is InChI=1S/C4H10O.C3H5ClO2.2H3N/c1-3-5-4-2;1-2(4)3(5)6;;/h3-4H2,1-2H3;2H,1H3,(H,5,6);2*1H3. The summed E-state index contributed by atoms with van der Waals surface area (Å²) in [7, 11) is 0. The normalized spacial score (nSPS) is 9.54. The SMILES string of the molecule is CC(Cl)C(=O)O.CCOCC.N.N. The van der Waals surface area contributed by atoms with E-state index >= 15 is 0 Å². The van der Waals surface area contributed by atoms with Gasteiger partial charge in [-0.2, -0.15) is 0 Å². The first-order valence-electron chi connectivity index (χ1n) is 3.50. The van der Waals surface area contributed by atoms with Crippen molar-refractivity contribution in [2.75, 3.05) is 13.2 Å². The van der Waals surface area contributed by atoms with Crippen LogP contribution in [0.4, 0.5) is 0 Å². The van der Waals surface area contributed by atoms with E-state index in [1.165, 1.54) is 6.92 Å². The minimum absolute atomic E-state index is 0. The van der Waals surface area contributed by atoms with E-state index in [2.05, 4.69) is 0 Å². The Hall–Kier alpha value is -0.360. The Labute approximate surface area is 84.6 Å². The molecule has 0 aromatic carbocycles. The highest BCUT2D eigenvalue weighted by atomic mass is 35.5. The van der Waals surface area contributed by atoms with Crippen LogP contribution >= 0.6 is 11.6 Å².